The predicted molar refractivity (Wildman–Crippen MR) is 111 cm³/mol. The van der Waals surface area contributed by atoms with Crippen molar-refractivity contribution in [2.45, 2.75) is 66.0 Å². The van der Waals surface area contributed by atoms with Crippen molar-refractivity contribution in [3.63, 3.8) is 0 Å². The molecule has 1 aromatic rings. The van der Waals surface area contributed by atoms with Gasteiger partial charge < -0.3 is 24.7 Å². The summed E-state index contributed by atoms with van der Waals surface area (Å²) in [6.07, 6.45) is 0.538. The summed E-state index contributed by atoms with van der Waals surface area (Å²) in [6.45, 7) is 7.98. The van der Waals surface area contributed by atoms with Crippen LogP contribution in [0.25, 0.3) is 0 Å². The topological polar surface area (TPSA) is 131 Å². The number of rotatable bonds is 11. The highest BCUT2D eigenvalue weighted by atomic mass is 16.6. The van der Waals surface area contributed by atoms with Crippen LogP contribution in [0.1, 0.15) is 53.0 Å². The van der Waals surface area contributed by atoms with E-state index in [9.17, 15) is 19.2 Å². The Labute approximate surface area is 182 Å². The van der Waals surface area contributed by atoms with Crippen LogP contribution in [-0.2, 0) is 35.1 Å². The van der Waals surface area contributed by atoms with Gasteiger partial charge in [0.2, 0.25) is 0 Å². The molecule has 0 saturated carbocycles. The molecule has 31 heavy (non-hydrogen) atoms. The van der Waals surface area contributed by atoms with E-state index in [2.05, 4.69) is 0 Å². The SMILES string of the molecule is CC(=O)Oc1ccc(C[C@H](N)C(=O)OC[C@H](C)OC(=O)CCC(C)C)cc1OC(C)=O. The first-order valence-corrected chi connectivity index (χ1v) is 10.1. The van der Waals surface area contributed by atoms with Gasteiger partial charge in [-0.05, 0) is 43.4 Å². The molecular weight excluding hydrogens is 406 g/mol. The molecule has 0 aliphatic heterocycles. The first kappa shape index (κ1) is 26.1. The van der Waals surface area contributed by atoms with Crippen molar-refractivity contribution in [1.82, 2.24) is 0 Å². The summed E-state index contributed by atoms with van der Waals surface area (Å²) in [5.74, 6) is -1.65. The third kappa shape index (κ3) is 10.6. The van der Waals surface area contributed by atoms with E-state index in [1.54, 1.807) is 13.0 Å². The molecule has 0 aliphatic carbocycles. The van der Waals surface area contributed by atoms with Gasteiger partial charge in [-0.3, -0.25) is 19.2 Å². The minimum Gasteiger partial charge on any atom is -0.461 e. The van der Waals surface area contributed by atoms with Crippen LogP contribution in [0.5, 0.6) is 11.5 Å². The standard InChI is InChI=1S/C22H31NO8/c1-13(2)6-9-21(26)29-14(3)12-28-22(27)18(23)10-17-7-8-19(30-15(4)24)20(11-17)31-16(5)25/h7-8,11,13-14,18H,6,9-10,12,23H2,1-5H3/t14-,18-/m0/s1. The van der Waals surface area contributed by atoms with E-state index < -0.39 is 30.1 Å². The van der Waals surface area contributed by atoms with Crippen LogP contribution in [0.3, 0.4) is 0 Å². The van der Waals surface area contributed by atoms with Gasteiger partial charge in [-0.2, -0.15) is 0 Å². The average molecular weight is 437 g/mol. The maximum atomic E-state index is 12.2. The van der Waals surface area contributed by atoms with Crippen LogP contribution in [0, 0.1) is 5.92 Å². The van der Waals surface area contributed by atoms with E-state index in [1.165, 1.54) is 26.0 Å². The third-order valence-electron chi connectivity index (χ3n) is 3.99. The highest BCUT2D eigenvalue weighted by molar-refractivity contribution is 5.76. The van der Waals surface area contributed by atoms with Gasteiger partial charge in [0, 0.05) is 20.3 Å². The fourth-order valence-corrected chi connectivity index (χ4v) is 2.52. The molecule has 0 aromatic heterocycles. The highest BCUT2D eigenvalue weighted by Gasteiger charge is 2.20. The van der Waals surface area contributed by atoms with Gasteiger partial charge in [-0.25, -0.2) is 0 Å². The molecule has 0 aliphatic rings. The van der Waals surface area contributed by atoms with Crippen molar-refractivity contribution in [2.24, 2.45) is 11.7 Å². The number of ether oxygens (including phenoxy) is 4. The van der Waals surface area contributed by atoms with Gasteiger partial charge in [-0.1, -0.05) is 19.9 Å². The number of hydrogen-bond acceptors (Lipinski definition) is 9. The maximum Gasteiger partial charge on any atom is 0.323 e. The zero-order valence-corrected chi connectivity index (χ0v) is 18.6. The number of esters is 4. The fourth-order valence-electron chi connectivity index (χ4n) is 2.52. The first-order chi connectivity index (χ1) is 14.5. The second-order valence-corrected chi connectivity index (χ2v) is 7.64. The van der Waals surface area contributed by atoms with Crippen molar-refractivity contribution in [3.05, 3.63) is 23.8 Å². The second kappa shape index (κ2) is 12.7. The fraction of sp³-hybridized carbons (Fsp3) is 0.545. The molecule has 0 amide bonds. The minimum absolute atomic E-state index is 0.0442. The maximum absolute atomic E-state index is 12.2. The molecule has 2 atom stereocenters. The predicted octanol–water partition coefficient (Wildman–Crippen LogP) is 2.32. The van der Waals surface area contributed by atoms with E-state index in [1.807, 2.05) is 13.8 Å². The molecule has 2 N–H and O–H groups in total. The van der Waals surface area contributed by atoms with Gasteiger partial charge in [0.25, 0.3) is 0 Å². The van der Waals surface area contributed by atoms with E-state index in [-0.39, 0.29) is 30.5 Å². The molecule has 0 fully saturated rings. The number of nitrogens with two attached hydrogens (primary N) is 1. The third-order valence-corrected chi connectivity index (χ3v) is 3.99. The lowest BCUT2D eigenvalue weighted by Gasteiger charge is -2.17. The molecule has 9 heteroatoms. The van der Waals surface area contributed by atoms with Crippen LogP contribution >= 0.6 is 0 Å². The van der Waals surface area contributed by atoms with Crippen LogP contribution < -0.4 is 15.2 Å². The van der Waals surface area contributed by atoms with E-state index in [4.69, 9.17) is 24.7 Å². The monoisotopic (exact) mass is 437 g/mol. The Morgan fingerprint density at radius 2 is 1.58 bits per heavy atom. The summed E-state index contributed by atoms with van der Waals surface area (Å²) in [7, 11) is 0. The van der Waals surface area contributed by atoms with Crippen molar-refractivity contribution in [3.8, 4) is 11.5 Å². The van der Waals surface area contributed by atoms with Crippen LogP contribution in [0.15, 0.2) is 18.2 Å². The van der Waals surface area contributed by atoms with Gasteiger partial charge in [-0.15, -0.1) is 0 Å². The minimum atomic E-state index is -0.992. The molecule has 9 nitrogen and oxygen atoms in total. The Hall–Kier alpha value is -2.94. The average Bonchev–Trinajstić information content (AvgIpc) is 2.65. The number of benzene rings is 1. The molecule has 0 spiro atoms. The summed E-state index contributed by atoms with van der Waals surface area (Å²) < 4.78 is 20.4. The highest BCUT2D eigenvalue weighted by Crippen LogP contribution is 2.29. The number of carbonyl (C=O) groups is 4. The summed E-state index contributed by atoms with van der Waals surface area (Å²) in [5, 5.41) is 0. The molecule has 0 heterocycles. The van der Waals surface area contributed by atoms with Crippen molar-refractivity contribution in [1.29, 1.82) is 0 Å². The zero-order chi connectivity index (χ0) is 23.6. The number of hydrogen-bond donors (Lipinski definition) is 1. The lowest BCUT2D eigenvalue weighted by Crippen LogP contribution is -2.36. The quantitative estimate of drug-likeness (QED) is 0.409. The lowest BCUT2D eigenvalue weighted by atomic mass is 10.1. The van der Waals surface area contributed by atoms with Gasteiger partial charge in [0.1, 0.15) is 18.8 Å². The Balaban J connectivity index is 2.62. The molecule has 172 valence electrons. The van der Waals surface area contributed by atoms with Gasteiger partial charge in [0.05, 0.1) is 0 Å². The van der Waals surface area contributed by atoms with Crippen molar-refractivity contribution >= 4 is 23.9 Å². The molecular formula is C22H31NO8. The molecule has 0 unspecified atom stereocenters. The summed E-state index contributed by atoms with van der Waals surface area (Å²) in [4.78, 5) is 46.4. The molecule has 0 bridgehead atoms. The van der Waals surface area contributed by atoms with Crippen LogP contribution in [0.4, 0.5) is 0 Å². The molecule has 0 saturated heterocycles. The normalized spacial score (nSPS) is 12.6. The van der Waals surface area contributed by atoms with E-state index in [0.717, 1.165) is 6.42 Å². The second-order valence-electron chi connectivity index (χ2n) is 7.64. The molecule has 0 radical (unpaired) electrons. The largest absolute Gasteiger partial charge is 0.461 e. The van der Waals surface area contributed by atoms with Gasteiger partial charge in [0.15, 0.2) is 11.5 Å². The van der Waals surface area contributed by atoms with Crippen molar-refractivity contribution in [2.75, 3.05) is 6.61 Å². The van der Waals surface area contributed by atoms with E-state index >= 15 is 0 Å². The summed E-state index contributed by atoms with van der Waals surface area (Å²) >= 11 is 0. The van der Waals surface area contributed by atoms with Crippen molar-refractivity contribution < 1.29 is 38.1 Å². The van der Waals surface area contributed by atoms with Crippen LogP contribution in [0.2, 0.25) is 0 Å². The molecule has 1 rings (SSSR count). The Morgan fingerprint density at radius 1 is 0.968 bits per heavy atom. The molecule has 1 aromatic carbocycles. The first-order valence-electron chi connectivity index (χ1n) is 10.1. The zero-order valence-electron chi connectivity index (χ0n) is 18.6. The lowest BCUT2D eigenvalue weighted by molar-refractivity contribution is -0.158. The Kier molecular flexibility index (Phi) is 10.7. The summed E-state index contributed by atoms with van der Waals surface area (Å²) in [6, 6.07) is 3.52. The van der Waals surface area contributed by atoms with Crippen LogP contribution in [-0.4, -0.2) is 42.6 Å². The smallest absolute Gasteiger partial charge is 0.323 e. The van der Waals surface area contributed by atoms with Gasteiger partial charge >= 0.3 is 23.9 Å². The Bertz CT molecular complexity index is 790. The van der Waals surface area contributed by atoms with E-state index in [0.29, 0.717) is 17.9 Å². The number of carbonyl (C=O) groups excluding carboxylic acids is 4. The summed E-state index contributed by atoms with van der Waals surface area (Å²) in [5.41, 5.74) is 6.49. The Morgan fingerprint density at radius 3 is 2.16 bits per heavy atom.